The average molecular weight is 223 g/mol. The minimum Gasteiger partial charge on any atom is -0.465 e. The maximum absolute atomic E-state index is 11.4. The van der Waals surface area contributed by atoms with Gasteiger partial charge in [0.05, 0.1) is 18.6 Å². The first kappa shape index (κ1) is 11.6. The number of methoxy groups -OCH3 is 1. The van der Waals surface area contributed by atoms with Gasteiger partial charge in [-0.05, 0) is 24.6 Å². The first-order valence-corrected chi connectivity index (χ1v) is 4.96. The second-order valence-corrected chi connectivity index (χ2v) is 3.22. The fourth-order valence-corrected chi connectivity index (χ4v) is 1.23. The predicted molar refractivity (Wildman–Crippen MR) is 60.1 cm³/mol. The summed E-state index contributed by atoms with van der Waals surface area (Å²) in [6.07, 6.45) is 0. The number of carbonyl (C=O) groups excluding carboxylic acids is 1. The molecule has 2 nitrogen and oxygen atoms in total. The zero-order valence-corrected chi connectivity index (χ0v) is 9.39. The maximum Gasteiger partial charge on any atom is 0.338 e. The quantitative estimate of drug-likeness (QED) is 0.414. The standard InChI is InChI=1S/C12H11ClO2/c1-9-5-6-10(4-3-7-13)8-11(9)12(14)15-2/h5-6,8H,7H2,1-2H3. The van der Waals surface area contributed by atoms with E-state index in [1.54, 1.807) is 6.07 Å². The van der Waals surface area contributed by atoms with E-state index in [-0.39, 0.29) is 11.8 Å². The van der Waals surface area contributed by atoms with Crippen LogP contribution in [0.15, 0.2) is 18.2 Å². The Morgan fingerprint density at radius 1 is 1.53 bits per heavy atom. The molecule has 0 aliphatic rings. The molecule has 0 N–H and O–H groups in total. The van der Waals surface area contributed by atoms with Crippen LogP contribution in [0.3, 0.4) is 0 Å². The monoisotopic (exact) mass is 222 g/mol. The topological polar surface area (TPSA) is 26.3 Å². The molecule has 0 aromatic heterocycles. The summed E-state index contributed by atoms with van der Waals surface area (Å²) in [5, 5.41) is 0. The van der Waals surface area contributed by atoms with Gasteiger partial charge in [0.1, 0.15) is 0 Å². The number of hydrogen-bond acceptors (Lipinski definition) is 2. The Bertz CT molecular complexity index is 427. The fourth-order valence-electron chi connectivity index (χ4n) is 1.17. The van der Waals surface area contributed by atoms with Crippen molar-refractivity contribution < 1.29 is 9.53 Å². The molecule has 0 saturated heterocycles. The molecule has 0 saturated carbocycles. The molecule has 0 aliphatic carbocycles. The highest BCUT2D eigenvalue weighted by Gasteiger charge is 2.08. The zero-order valence-electron chi connectivity index (χ0n) is 8.63. The van der Waals surface area contributed by atoms with Gasteiger partial charge >= 0.3 is 5.97 Å². The number of halogens is 1. The Kier molecular flexibility index (Phi) is 4.20. The molecule has 0 radical (unpaired) electrons. The molecule has 0 spiro atoms. The molecule has 0 atom stereocenters. The summed E-state index contributed by atoms with van der Waals surface area (Å²) in [6, 6.07) is 5.40. The summed E-state index contributed by atoms with van der Waals surface area (Å²) >= 11 is 5.45. The van der Waals surface area contributed by atoms with Gasteiger partial charge in [0.15, 0.2) is 0 Å². The van der Waals surface area contributed by atoms with Gasteiger partial charge in [-0.15, -0.1) is 11.6 Å². The van der Waals surface area contributed by atoms with Gasteiger partial charge in [0, 0.05) is 5.56 Å². The fraction of sp³-hybridized carbons (Fsp3) is 0.250. The van der Waals surface area contributed by atoms with Gasteiger partial charge in [0.2, 0.25) is 0 Å². The highest BCUT2D eigenvalue weighted by molar-refractivity contribution is 6.19. The number of benzene rings is 1. The zero-order chi connectivity index (χ0) is 11.3. The molecule has 0 unspecified atom stereocenters. The Hall–Kier alpha value is -1.46. The lowest BCUT2D eigenvalue weighted by Gasteiger charge is -2.03. The number of ether oxygens (including phenoxy) is 1. The maximum atomic E-state index is 11.4. The third-order valence-electron chi connectivity index (χ3n) is 1.94. The van der Waals surface area contributed by atoms with Crippen molar-refractivity contribution in [3.63, 3.8) is 0 Å². The van der Waals surface area contributed by atoms with Crippen LogP contribution in [0.1, 0.15) is 21.5 Å². The van der Waals surface area contributed by atoms with Crippen molar-refractivity contribution in [2.45, 2.75) is 6.92 Å². The second-order valence-electron chi connectivity index (χ2n) is 2.96. The number of rotatable bonds is 1. The summed E-state index contributed by atoms with van der Waals surface area (Å²) in [6.45, 7) is 1.85. The smallest absolute Gasteiger partial charge is 0.338 e. The molecule has 0 aliphatic heterocycles. The summed E-state index contributed by atoms with van der Waals surface area (Å²) in [5.74, 6) is 5.52. The van der Waals surface area contributed by atoms with Gasteiger partial charge in [0.25, 0.3) is 0 Å². The van der Waals surface area contributed by atoms with E-state index < -0.39 is 0 Å². The Balaban J connectivity index is 3.10. The minimum atomic E-state index is -0.345. The van der Waals surface area contributed by atoms with Gasteiger partial charge in [-0.25, -0.2) is 4.79 Å². The molecule has 15 heavy (non-hydrogen) atoms. The highest BCUT2D eigenvalue weighted by Crippen LogP contribution is 2.11. The van der Waals surface area contributed by atoms with E-state index in [2.05, 4.69) is 16.6 Å². The first-order valence-electron chi connectivity index (χ1n) is 4.43. The van der Waals surface area contributed by atoms with E-state index in [9.17, 15) is 4.79 Å². The van der Waals surface area contributed by atoms with Crippen LogP contribution in [0.5, 0.6) is 0 Å². The Morgan fingerprint density at radius 2 is 2.27 bits per heavy atom. The molecule has 3 heteroatoms. The third-order valence-corrected chi connectivity index (χ3v) is 2.08. The summed E-state index contributed by atoms with van der Waals surface area (Å²) in [7, 11) is 1.36. The largest absolute Gasteiger partial charge is 0.465 e. The van der Waals surface area contributed by atoms with Crippen molar-refractivity contribution in [2.24, 2.45) is 0 Å². The van der Waals surface area contributed by atoms with Crippen molar-refractivity contribution in [3.05, 3.63) is 34.9 Å². The molecule has 1 aromatic carbocycles. The van der Waals surface area contributed by atoms with Crippen LogP contribution in [-0.4, -0.2) is 19.0 Å². The van der Waals surface area contributed by atoms with E-state index in [0.29, 0.717) is 5.56 Å². The third kappa shape index (κ3) is 3.00. The predicted octanol–water partition coefficient (Wildman–Crippen LogP) is 2.37. The van der Waals surface area contributed by atoms with Crippen molar-refractivity contribution in [2.75, 3.05) is 13.0 Å². The van der Waals surface area contributed by atoms with Crippen LogP contribution in [0, 0.1) is 18.8 Å². The van der Waals surface area contributed by atoms with Gasteiger partial charge in [-0.1, -0.05) is 17.9 Å². The summed E-state index contributed by atoms with van der Waals surface area (Å²) < 4.78 is 4.66. The lowest BCUT2D eigenvalue weighted by Crippen LogP contribution is -2.03. The number of aryl methyl sites for hydroxylation is 1. The minimum absolute atomic E-state index is 0.279. The lowest BCUT2D eigenvalue weighted by molar-refractivity contribution is 0.0600. The van der Waals surface area contributed by atoms with E-state index >= 15 is 0 Å². The van der Waals surface area contributed by atoms with E-state index in [0.717, 1.165) is 11.1 Å². The molecular formula is C12H11ClO2. The lowest BCUT2D eigenvalue weighted by atomic mass is 10.1. The second kappa shape index (κ2) is 5.43. The van der Waals surface area contributed by atoms with Crippen molar-refractivity contribution in [1.29, 1.82) is 0 Å². The van der Waals surface area contributed by atoms with Gasteiger partial charge < -0.3 is 4.74 Å². The van der Waals surface area contributed by atoms with Crippen LogP contribution in [0.4, 0.5) is 0 Å². The molecule has 78 valence electrons. The van der Waals surface area contributed by atoms with Crippen LogP contribution in [0.25, 0.3) is 0 Å². The highest BCUT2D eigenvalue weighted by atomic mass is 35.5. The molecule has 0 amide bonds. The number of esters is 1. The number of carbonyl (C=O) groups is 1. The Labute approximate surface area is 94.2 Å². The first-order chi connectivity index (χ1) is 7.19. The molecular weight excluding hydrogens is 212 g/mol. The normalized spacial score (nSPS) is 9.00. The molecule has 0 bridgehead atoms. The SMILES string of the molecule is COC(=O)c1cc(C#CCCl)ccc1C. The van der Waals surface area contributed by atoms with E-state index in [1.807, 2.05) is 19.1 Å². The van der Waals surface area contributed by atoms with Crippen LogP contribution >= 0.6 is 11.6 Å². The Morgan fingerprint density at radius 3 is 2.87 bits per heavy atom. The molecule has 1 rings (SSSR count). The molecule has 1 aromatic rings. The molecule has 0 fully saturated rings. The van der Waals surface area contributed by atoms with Gasteiger partial charge in [-0.2, -0.15) is 0 Å². The van der Waals surface area contributed by atoms with E-state index in [1.165, 1.54) is 7.11 Å². The average Bonchev–Trinajstić information content (AvgIpc) is 2.27. The van der Waals surface area contributed by atoms with Crippen molar-refractivity contribution >= 4 is 17.6 Å². The van der Waals surface area contributed by atoms with Crippen molar-refractivity contribution in [1.82, 2.24) is 0 Å². The number of hydrogen-bond donors (Lipinski definition) is 0. The summed E-state index contributed by atoms with van der Waals surface area (Å²) in [5.41, 5.74) is 2.18. The van der Waals surface area contributed by atoms with Crippen LogP contribution < -0.4 is 0 Å². The van der Waals surface area contributed by atoms with E-state index in [4.69, 9.17) is 11.6 Å². The number of alkyl halides is 1. The van der Waals surface area contributed by atoms with Crippen molar-refractivity contribution in [3.8, 4) is 11.8 Å². The van der Waals surface area contributed by atoms with Crippen LogP contribution in [0.2, 0.25) is 0 Å². The summed E-state index contributed by atoms with van der Waals surface area (Å²) in [4.78, 5) is 11.4. The van der Waals surface area contributed by atoms with Gasteiger partial charge in [-0.3, -0.25) is 0 Å². The molecule has 0 heterocycles. The van der Waals surface area contributed by atoms with Crippen LogP contribution in [-0.2, 0) is 4.74 Å².